The number of hydrogen-bond acceptors (Lipinski definition) is 6. The molecule has 0 unspecified atom stereocenters. The van der Waals surface area contributed by atoms with E-state index in [1.165, 1.54) is 0 Å². The Morgan fingerprint density at radius 3 is 2.65 bits per heavy atom. The highest BCUT2D eigenvalue weighted by atomic mass is 16.6. The van der Waals surface area contributed by atoms with Crippen molar-refractivity contribution < 1.29 is 18.8 Å². The van der Waals surface area contributed by atoms with E-state index in [4.69, 9.17) is 14.0 Å². The molecule has 1 saturated carbocycles. The fourth-order valence-corrected chi connectivity index (χ4v) is 2.62. The van der Waals surface area contributed by atoms with E-state index in [2.05, 4.69) is 17.1 Å². The minimum absolute atomic E-state index is 0.0976. The third-order valence-corrected chi connectivity index (χ3v) is 3.79. The largest absolute Gasteiger partial charge is 0.459 e. The number of carbonyl (C=O) groups is 1. The molecule has 20 heavy (non-hydrogen) atoms. The molecule has 1 aromatic heterocycles. The van der Waals surface area contributed by atoms with Gasteiger partial charge in [0.25, 0.3) is 0 Å². The van der Waals surface area contributed by atoms with E-state index in [1.54, 1.807) is 6.92 Å². The molecule has 6 heteroatoms. The van der Waals surface area contributed by atoms with Crippen LogP contribution < -0.4 is 0 Å². The molecule has 1 aliphatic rings. The highest BCUT2D eigenvalue weighted by Gasteiger charge is 2.41. The van der Waals surface area contributed by atoms with Crippen LogP contribution in [-0.4, -0.2) is 29.3 Å². The van der Waals surface area contributed by atoms with Gasteiger partial charge in [-0.1, -0.05) is 12.1 Å². The number of hydrogen-bond donors (Lipinski definition) is 0. The van der Waals surface area contributed by atoms with Gasteiger partial charge in [0.2, 0.25) is 5.82 Å². The molecule has 0 bridgehead atoms. The molecule has 112 valence electrons. The fraction of sp³-hybridized carbons (Fsp3) is 0.786. The first-order valence-electron chi connectivity index (χ1n) is 7.26. The van der Waals surface area contributed by atoms with Crippen LogP contribution in [0.3, 0.4) is 0 Å². The van der Waals surface area contributed by atoms with Gasteiger partial charge in [-0.05, 0) is 45.4 Å². The van der Waals surface area contributed by atoms with Crippen molar-refractivity contribution >= 4 is 5.97 Å². The van der Waals surface area contributed by atoms with Gasteiger partial charge in [-0.3, -0.25) is 0 Å². The molecular weight excluding hydrogens is 260 g/mol. The van der Waals surface area contributed by atoms with Crippen LogP contribution >= 0.6 is 0 Å². The molecule has 0 aromatic carbocycles. The van der Waals surface area contributed by atoms with Crippen molar-refractivity contribution in [1.29, 1.82) is 0 Å². The summed E-state index contributed by atoms with van der Waals surface area (Å²) in [6.45, 7) is 6.78. The van der Waals surface area contributed by atoms with Crippen molar-refractivity contribution in [1.82, 2.24) is 10.1 Å². The van der Waals surface area contributed by atoms with E-state index in [0.29, 0.717) is 18.3 Å². The highest BCUT2D eigenvalue weighted by Crippen LogP contribution is 2.41. The molecule has 0 radical (unpaired) electrons. The molecule has 0 atom stereocenters. The minimum Gasteiger partial charge on any atom is -0.459 e. The lowest BCUT2D eigenvalue weighted by atomic mass is 9.79. The maximum Gasteiger partial charge on any atom is 0.397 e. The molecule has 0 amide bonds. The lowest BCUT2D eigenvalue weighted by Gasteiger charge is -2.36. The number of nitrogens with zero attached hydrogens (tertiary/aromatic N) is 2. The predicted molar refractivity (Wildman–Crippen MR) is 71.2 cm³/mol. The van der Waals surface area contributed by atoms with Crippen LogP contribution in [0.1, 0.15) is 63.0 Å². The third kappa shape index (κ3) is 3.00. The van der Waals surface area contributed by atoms with Crippen molar-refractivity contribution in [2.45, 2.75) is 52.1 Å². The van der Waals surface area contributed by atoms with Gasteiger partial charge in [0.15, 0.2) is 0 Å². The van der Waals surface area contributed by atoms with Gasteiger partial charge >= 0.3 is 11.9 Å². The van der Waals surface area contributed by atoms with Crippen LogP contribution in [0.4, 0.5) is 0 Å². The predicted octanol–water partition coefficient (Wildman–Crippen LogP) is 2.69. The van der Waals surface area contributed by atoms with Gasteiger partial charge in [0.05, 0.1) is 6.61 Å². The Kier molecular flexibility index (Phi) is 4.75. The summed E-state index contributed by atoms with van der Waals surface area (Å²) in [5.74, 6) is 0.468. The van der Waals surface area contributed by atoms with Crippen molar-refractivity contribution in [3.63, 3.8) is 0 Å². The summed E-state index contributed by atoms with van der Waals surface area (Å²) in [6.07, 6.45) is 3.82. The number of rotatable bonds is 5. The molecule has 1 fully saturated rings. The zero-order valence-corrected chi connectivity index (χ0v) is 12.3. The van der Waals surface area contributed by atoms with Crippen LogP contribution in [0.2, 0.25) is 0 Å². The first-order valence-corrected chi connectivity index (χ1v) is 7.26. The van der Waals surface area contributed by atoms with E-state index in [1.807, 2.05) is 6.92 Å². The Hall–Kier alpha value is -1.43. The lowest BCUT2D eigenvalue weighted by Crippen LogP contribution is -2.35. The fourth-order valence-electron chi connectivity index (χ4n) is 2.62. The summed E-state index contributed by atoms with van der Waals surface area (Å²) in [6, 6.07) is 0. The Morgan fingerprint density at radius 1 is 1.35 bits per heavy atom. The summed E-state index contributed by atoms with van der Waals surface area (Å²) in [5, 5.41) is 3.95. The van der Waals surface area contributed by atoms with E-state index in [0.717, 1.165) is 25.7 Å². The molecular formula is C14H22N2O4. The van der Waals surface area contributed by atoms with Crippen molar-refractivity contribution in [3.05, 3.63) is 11.7 Å². The first kappa shape index (κ1) is 15.0. The smallest absolute Gasteiger partial charge is 0.397 e. The topological polar surface area (TPSA) is 74.5 Å². The van der Waals surface area contributed by atoms with Gasteiger partial charge in [-0.15, -0.1) is 0 Å². The summed E-state index contributed by atoms with van der Waals surface area (Å²) in [4.78, 5) is 15.8. The maximum atomic E-state index is 11.6. The molecule has 6 nitrogen and oxygen atoms in total. The van der Waals surface area contributed by atoms with E-state index >= 15 is 0 Å². The summed E-state index contributed by atoms with van der Waals surface area (Å²) >= 11 is 0. The van der Waals surface area contributed by atoms with Gasteiger partial charge < -0.3 is 14.0 Å². The number of ether oxygens (including phenoxy) is 2. The van der Waals surface area contributed by atoms with Crippen molar-refractivity contribution in [2.75, 3.05) is 13.2 Å². The molecule has 1 aliphatic carbocycles. The lowest BCUT2D eigenvalue weighted by molar-refractivity contribution is -0.0847. The Bertz CT molecular complexity index is 450. The molecule has 1 heterocycles. The van der Waals surface area contributed by atoms with Gasteiger partial charge in [0, 0.05) is 6.61 Å². The summed E-state index contributed by atoms with van der Waals surface area (Å²) in [5.41, 5.74) is -0.518. The molecule has 0 aliphatic heterocycles. The second kappa shape index (κ2) is 6.35. The van der Waals surface area contributed by atoms with E-state index < -0.39 is 11.6 Å². The third-order valence-electron chi connectivity index (χ3n) is 3.79. The number of esters is 1. The quantitative estimate of drug-likeness (QED) is 0.773. The van der Waals surface area contributed by atoms with Crippen LogP contribution in [0, 0.1) is 5.92 Å². The SMILES string of the molecule is CCOC(=O)c1nc(C2(OCC)CCC(C)CC2)no1. The van der Waals surface area contributed by atoms with Crippen LogP contribution in [0.15, 0.2) is 4.52 Å². The summed E-state index contributed by atoms with van der Waals surface area (Å²) in [7, 11) is 0. The zero-order chi connectivity index (χ0) is 14.6. The Morgan fingerprint density at radius 2 is 2.05 bits per heavy atom. The molecule has 0 spiro atoms. The highest BCUT2D eigenvalue weighted by molar-refractivity contribution is 5.83. The zero-order valence-electron chi connectivity index (χ0n) is 12.3. The second-order valence-electron chi connectivity index (χ2n) is 5.25. The number of aromatic nitrogens is 2. The van der Waals surface area contributed by atoms with Crippen molar-refractivity contribution in [2.24, 2.45) is 5.92 Å². The second-order valence-corrected chi connectivity index (χ2v) is 5.25. The van der Waals surface area contributed by atoms with Crippen molar-refractivity contribution in [3.8, 4) is 0 Å². The molecule has 0 saturated heterocycles. The standard InChI is InChI=1S/C14H22N2O4/c1-4-18-12(17)11-15-13(16-20-11)14(19-5-2)8-6-10(3)7-9-14/h10H,4-9H2,1-3H3. The monoisotopic (exact) mass is 282 g/mol. The van der Waals surface area contributed by atoms with Gasteiger partial charge in [0.1, 0.15) is 5.60 Å². The van der Waals surface area contributed by atoms with E-state index in [9.17, 15) is 4.79 Å². The van der Waals surface area contributed by atoms with Gasteiger partial charge in [-0.2, -0.15) is 4.98 Å². The van der Waals surface area contributed by atoms with Crippen LogP contribution in [0.25, 0.3) is 0 Å². The Labute approximate surface area is 118 Å². The van der Waals surface area contributed by atoms with Crippen LogP contribution in [-0.2, 0) is 15.1 Å². The maximum absolute atomic E-state index is 11.6. The average molecular weight is 282 g/mol. The Balaban J connectivity index is 2.20. The molecule has 1 aromatic rings. The van der Waals surface area contributed by atoms with Crippen LogP contribution in [0.5, 0.6) is 0 Å². The summed E-state index contributed by atoms with van der Waals surface area (Å²) < 4.78 is 15.8. The van der Waals surface area contributed by atoms with Gasteiger partial charge in [-0.25, -0.2) is 4.79 Å². The molecule has 0 N–H and O–H groups in total. The number of carbonyl (C=O) groups excluding carboxylic acids is 1. The molecule has 2 rings (SSSR count). The van der Waals surface area contributed by atoms with E-state index in [-0.39, 0.29) is 12.5 Å². The average Bonchev–Trinajstić information content (AvgIpc) is 2.92. The first-order chi connectivity index (χ1) is 9.61. The minimum atomic E-state index is -0.581. The normalized spacial score (nSPS) is 26.4.